The predicted molar refractivity (Wildman–Crippen MR) is 124 cm³/mol. The molecule has 1 atom stereocenters. The van der Waals surface area contributed by atoms with E-state index in [0.717, 1.165) is 30.1 Å². The largest absolute Gasteiger partial charge is 0.492 e. The fraction of sp³-hybridized carbons (Fsp3) is 0.500. The molecular formula is C26H33FN2O3. The van der Waals surface area contributed by atoms with Crippen molar-refractivity contribution in [1.82, 2.24) is 4.90 Å². The molecule has 0 aromatic heterocycles. The van der Waals surface area contributed by atoms with Crippen molar-refractivity contribution in [3.8, 4) is 5.75 Å². The van der Waals surface area contributed by atoms with E-state index >= 15 is 0 Å². The minimum atomic E-state index is -0.716. The zero-order valence-corrected chi connectivity index (χ0v) is 18.8. The summed E-state index contributed by atoms with van der Waals surface area (Å²) in [4.78, 5) is 15.8. The van der Waals surface area contributed by atoms with Gasteiger partial charge in [-0.3, -0.25) is 9.69 Å². The molecule has 1 N–H and O–H groups in total. The number of halogens is 1. The summed E-state index contributed by atoms with van der Waals surface area (Å²) in [6.45, 7) is 6.04. The molecule has 2 aromatic carbocycles. The van der Waals surface area contributed by atoms with Crippen LogP contribution in [0.2, 0.25) is 0 Å². The number of hydrogen-bond donors (Lipinski definition) is 1. The maximum absolute atomic E-state index is 13.4. The molecular weight excluding hydrogens is 407 g/mol. The highest BCUT2D eigenvalue weighted by Crippen LogP contribution is 2.36. The van der Waals surface area contributed by atoms with Gasteiger partial charge < -0.3 is 14.8 Å². The van der Waals surface area contributed by atoms with Crippen LogP contribution in [0.3, 0.4) is 0 Å². The van der Waals surface area contributed by atoms with Gasteiger partial charge in [0.25, 0.3) is 0 Å². The standard InChI is InChI=1S/C26H33FN2O3/c1-20-4-2-3-15-29(20)16-19-32-24-11-9-23(10-12-24)28-25(30)26(13-17-31-18-14-26)21-5-7-22(27)8-6-21/h5-12,20H,2-4,13-19H2,1H3,(H,28,30)/t20-/m0/s1. The summed E-state index contributed by atoms with van der Waals surface area (Å²) in [5.41, 5.74) is 0.832. The minimum Gasteiger partial charge on any atom is -0.492 e. The number of hydrogen-bond acceptors (Lipinski definition) is 4. The first-order valence-electron chi connectivity index (χ1n) is 11.7. The molecule has 2 aliphatic heterocycles. The molecule has 0 radical (unpaired) electrons. The van der Waals surface area contributed by atoms with Gasteiger partial charge in [-0.15, -0.1) is 0 Å². The Morgan fingerprint density at radius 2 is 1.84 bits per heavy atom. The van der Waals surface area contributed by atoms with E-state index in [0.29, 0.717) is 38.7 Å². The van der Waals surface area contributed by atoms with E-state index in [4.69, 9.17) is 9.47 Å². The van der Waals surface area contributed by atoms with Crippen molar-refractivity contribution in [2.24, 2.45) is 0 Å². The Hall–Kier alpha value is -2.44. The first-order valence-corrected chi connectivity index (χ1v) is 11.7. The lowest BCUT2D eigenvalue weighted by atomic mass is 9.73. The number of nitrogens with one attached hydrogen (secondary N) is 1. The molecule has 32 heavy (non-hydrogen) atoms. The lowest BCUT2D eigenvalue weighted by Gasteiger charge is -2.36. The van der Waals surface area contributed by atoms with Gasteiger partial charge in [-0.25, -0.2) is 4.39 Å². The van der Waals surface area contributed by atoms with Gasteiger partial charge in [0.05, 0.1) is 5.41 Å². The van der Waals surface area contributed by atoms with Gasteiger partial charge in [-0.2, -0.15) is 0 Å². The first-order chi connectivity index (χ1) is 15.6. The number of benzene rings is 2. The highest BCUT2D eigenvalue weighted by atomic mass is 19.1. The summed E-state index contributed by atoms with van der Waals surface area (Å²) in [6, 6.07) is 14.4. The highest BCUT2D eigenvalue weighted by Gasteiger charge is 2.41. The van der Waals surface area contributed by atoms with E-state index in [1.165, 1.54) is 31.4 Å². The maximum Gasteiger partial charge on any atom is 0.235 e. The summed E-state index contributed by atoms with van der Waals surface area (Å²) >= 11 is 0. The molecule has 0 saturated carbocycles. The van der Waals surface area contributed by atoms with Crippen molar-refractivity contribution in [3.63, 3.8) is 0 Å². The quantitative estimate of drug-likeness (QED) is 0.674. The predicted octanol–water partition coefficient (Wildman–Crippen LogP) is 4.77. The van der Waals surface area contributed by atoms with E-state index in [1.54, 1.807) is 12.1 Å². The molecule has 172 valence electrons. The lowest BCUT2D eigenvalue weighted by Crippen LogP contribution is -2.44. The number of ether oxygens (including phenoxy) is 2. The van der Waals surface area contributed by atoms with E-state index < -0.39 is 5.41 Å². The average Bonchev–Trinajstić information content (AvgIpc) is 2.82. The number of likely N-dealkylation sites (tertiary alicyclic amines) is 1. The first kappa shape index (κ1) is 22.7. The topological polar surface area (TPSA) is 50.8 Å². The Kier molecular flexibility index (Phi) is 7.43. The molecule has 5 nitrogen and oxygen atoms in total. The van der Waals surface area contributed by atoms with Crippen LogP contribution in [0.1, 0.15) is 44.6 Å². The second-order valence-electron chi connectivity index (χ2n) is 8.91. The zero-order chi connectivity index (χ0) is 22.4. The van der Waals surface area contributed by atoms with Gasteiger partial charge in [0.1, 0.15) is 18.2 Å². The number of carbonyl (C=O) groups excluding carboxylic acids is 1. The molecule has 0 aliphatic carbocycles. The molecule has 2 aliphatic rings. The van der Waals surface area contributed by atoms with Crippen LogP contribution in [0.5, 0.6) is 5.75 Å². The molecule has 6 heteroatoms. The molecule has 2 heterocycles. The molecule has 0 spiro atoms. The van der Waals surface area contributed by atoms with Crippen molar-refractivity contribution in [2.75, 3.05) is 38.2 Å². The molecule has 0 bridgehead atoms. The van der Waals surface area contributed by atoms with Crippen molar-refractivity contribution in [3.05, 3.63) is 59.9 Å². The van der Waals surface area contributed by atoms with E-state index in [-0.39, 0.29) is 11.7 Å². The SMILES string of the molecule is C[C@H]1CCCCN1CCOc1ccc(NC(=O)C2(c3ccc(F)cc3)CCOCC2)cc1. The normalized spacial score (nSPS) is 21.1. The molecule has 1 amide bonds. The van der Waals surface area contributed by atoms with Crippen LogP contribution in [-0.4, -0.2) is 49.8 Å². The fourth-order valence-electron chi connectivity index (χ4n) is 4.79. The zero-order valence-electron chi connectivity index (χ0n) is 18.8. The number of rotatable bonds is 7. The van der Waals surface area contributed by atoms with Crippen molar-refractivity contribution >= 4 is 11.6 Å². The van der Waals surface area contributed by atoms with Crippen molar-refractivity contribution in [2.45, 2.75) is 50.5 Å². The third kappa shape index (κ3) is 5.30. The molecule has 4 rings (SSSR count). The summed E-state index contributed by atoms with van der Waals surface area (Å²) in [6.07, 6.45) is 4.99. The number of amides is 1. The average molecular weight is 441 g/mol. The monoisotopic (exact) mass is 440 g/mol. The van der Waals surface area contributed by atoms with Crippen LogP contribution in [0.15, 0.2) is 48.5 Å². The van der Waals surface area contributed by atoms with Gasteiger partial charge in [0.15, 0.2) is 0 Å². The second kappa shape index (κ2) is 10.5. The second-order valence-corrected chi connectivity index (χ2v) is 8.91. The number of piperidine rings is 1. The Balaban J connectivity index is 1.36. The lowest BCUT2D eigenvalue weighted by molar-refractivity contribution is -0.125. The summed E-state index contributed by atoms with van der Waals surface area (Å²) in [7, 11) is 0. The third-order valence-electron chi connectivity index (χ3n) is 6.88. The smallest absolute Gasteiger partial charge is 0.235 e. The molecule has 2 fully saturated rings. The van der Waals surface area contributed by atoms with Gasteiger partial charge in [0.2, 0.25) is 5.91 Å². The van der Waals surface area contributed by atoms with Crippen LogP contribution in [0.4, 0.5) is 10.1 Å². The van der Waals surface area contributed by atoms with Crippen molar-refractivity contribution in [1.29, 1.82) is 0 Å². The number of nitrogens with zero attached hydrogens (tertiary/aromatic N) is 1. The molecule has 0 unspecified atom stereocenters. The third-order valence-corrected chi connectivity index (χ3v) is 6.88. The van der Waals surface area contributed by atoms with Gasteiger partial charge in [-0.05, 0) is 81.1 Å². The molecule has 2 aromatic rings. The number of anilines is 1. The van der Waals surface area contributed by atoms with Crippen LogP contribution in [-0.2, 0) is 14.9 Å². The maximum atomic E-state index is 13.4. The Bertz CT molecular complexity index is 879. The van der Waals surface area contributed by atoms with Crippen LogP contribution in [0.25, 0.3) is 0 Å². The Labute approximate surface area is 189 Å². The highest BCUT2D eigenvalue weighted by molar-refractivity contribution is 5.99. The van der Waals surface area contributed by atoms with Gasteiger partial charge in [0, 0.05) is 31.5 Å². The summed E-state index contributed by atoms with van der Waals surface area (Å²) in [5, 5.41) is 3.05. The Morgan fingerprint density at radius 1 is 1.12 bits per heavy atom. The van der Waals surface area contributed by atoms with E-state index in [2.05, 4.69) is 17.1 Å². The van der Waals surface area contributed by atoms with Crippen LogP contribution >= 0.6 is 0 Å². The van der Waals surface area contributed by atoms with Gasteiger partial charge in [-0.1, -0.05) is 18.6 Å². The fourth-order valence-corrected chi connectivity index (χ4v) is 4.79. The van der Waals surface area contributed by atoms with E-state index in [1.807, 2.05) is 24.3 Å². The Morgan fingerprint density at radius 3 is 2.53 bits per heavy atom. The molecule has 2 saturated heterocycles. The van der Waals surface area contributed by atoms with Crippen LogP contribution < -0.4 is 10.1 Å². The minimum absolute atomic E-state index is 0.0832. The van der Waals surface area contributed by atoms with Crippen molar-refractivity contribution < 1.29 is 18.7 Å². The van der Waals surface area contributed by atoms with E-state index in [9.17, 15) is 9.18 Å². The summed E-state index contributed by atoms with van der Waals surface area (Å²) < 4.78 is 24.9. The van der Waals surface area contributed by atoms with Gasteiger partial charge >= 0.3 is 0 Å². The number of carbonyl (C=O) groups is 1. The van der Waals surface area contributed by atoms with Crippen LogP contribution in [0, 0.1) is 5.82 Å². The summed E-state index contributed by atoms with van der Waals surface area (Å²) in [5.74, 6) is 0.411.